The van der Waals surface area contributed by atoms with Gasteiger partial charge in [0.1, 0.15) is 24.6 Å². The van der Waals surface area contributed by atoms with Gasteiger partial charge in [0.15, 0.2) is 5.78 Å². The molecule has 6 nitrogen and oxygen atoms in total. The van der Waals surface area contributed by atoms with Gasteiger partial charge in [-0.25, -0.2) is 8.78 Å². The number of aromatic nitrogens is 1. The Bertz CT molecular complexity index is 1320. The first-order valence-corrected chi connectivity index (χ1v) is 12.0. The number of amides is 2. The van der Waals surface area contributed by atoms with E-state index < -0.39 is 29.8 Å². The average Bonchev–Trinajstić information content (AvgIpc) is 3.54. The van der Waals surface area contributed by atoms with Crippen molar-refractivity contribution in [2.24, 2.45) is 5.92 Å². The number of halogens is 3. The van der Waals surface area contributed by atoms with Crippen LogP contribution in [0.1, 0.15) is 35.2 Å². The summed E-state index contributed by atoms with van der Waals surface area (Å²) in [6.07, 6.45) is 1.96. The molecule has 2 heterocycles. The fourth-order valence-electron chi connectivity index (χ4n) is 4.67. The van der Waals surface area contributed by atoms with E-state index in [1.54, 1.807) is 16.8 Å². The fraction of sp³-hybridized carbons (Fsp3) is 0.346. The molecule has 1 aliphatic heterocycles. The van der Waals surface area contributed by atoms with Crippen molar-refractivity contribution in [2.45, 2.75) is 44.6 Å². The van der Waals surface area contributed by atoms with Crippen molar-refractivity contribution in [3.8, 4) is 0 Å². The molecule has 1 saturated heterocycles. The Morgan fingerprint density at radius 3 is 2.63 bits per heavy atom. The summed E-state index contributed by atoms with van der Waals surface area (Å²) in [4.78, 5) is 40.0. The molecule has 0 bridgehead atoms. The molecule has 1 aromatic heterocycles. The highest BCUT2D eigenvalue weighted by Gasteiger charge is 2.40. The Hall–Kier alpha value is -3.26. The first-order chi connectivity index (χ1) is 16.8. The number of hydrogen-bond acceptors (Lipinski definition) is 3. The maximum absolute atomic E-state index is 14.3. The molecule has 182 valence electrons. The van der Waals surface area contributed by atoms with Crippen LogP contribution >= 0.6 is 11.6 Å². The molecular weight excluding hydrogens is 476 g/mol. The van der Waals surface area contributed by atoms with Crippen LogP contribution in [-0.4, -0.2) is 45.8 Å². The Morgan fingerprint density at radius 1 is 1.09 bits per heavy atom. The molecule has 1 saturated carbocycles. The lowest BCUT2D eigenvalue weighted by molar-refractivity contribution is -0.139. The van der Waals surface area contributed by atoms with Crippen LogP contribution in [0.25, 0.3) is 10.9 Å². The number of nitrogens with one attached hydrogen (secondary N) is 1. The van der Waals surface area contributed by atoms with E-state index in [0.717, 1.165) is 23.7 Å². The second kappa shape index (κ2) is 9.41. The van der Waals surface area contributed by atoms with Crippen molar-refractivity contribution >= 4 is 40.1 Å². The zero-order chi connectivity index (χ0) is 24.7. The van der Waals surface area contributed by atoms with Crippen molar-refractivity contribution in [3.63, 3.8) is 0 Å². The molecule has 35 heavy (non-hydrogen) atoms. The summed E-state index contributed by atoms with van der Waals surface area (Å²) in [5.74, 6) is -1.50. The minimum atomic E-state index is -1.34. The van der Waals surface area contributed by atoms with Crippen LogP contribution in [0.4, 0.5) is 8.78 Å². The largest absolute Gasteiger partial charge is 0.350 e. The number of fused-ring (bicyclic) bond motifs is 1. The molecule has 2 aromatic carbocycles. The normalized spacial score (nSPS) is 19.8. The van der Waals surface area contributed by atoms with E-state index in [-0.39, 0.29) is 48.3 Å². The summed E-state index contributed by atoms with van der Waals surface area (Å²) in [5, 5.41) is 3.32. The Kier molecular flexibility index (Phi) is 6.32. The monoisotopic (exact) mass is 499 g/mol. The molecule has 5 rings (SSSR count). The first-order valence-electron chi connectivity index (χ1n) is 11.6. The second-order valence-electron chi connectivity index (χ2n) is 9.15. The van der Waals surface area contributed by atoms with Crippen LogP contribution in [0.2, 0.25) is 5.02 Å². The number of alkyl halides is 1. The minimum absolute atomic E-state index is 0.0354. The predicted octanol–water partition coefficient (Wildman–Crippen LogP) is 4.28. The van der Waals surface area contributed by atoms with Crippen LogP contribution in [0, 0.1) is 11.7 Å². The number of rotatable bonds is 7. The number of para-hydroxylation sites is 1. The van der Waals surface area contributed by atoms with E-state index in [1.807, 2.05) is 24.3 Å². The third-order valence-electron chi connectivity index (χ3n) is 6.67. The molecular formula is C26H24ClF2N3O3. The van der Waals surface area contributed by atoms with Gasteiger partial charge >= 0.3 is 0 Å². The van der Waals surface area contributed by atoms with Crippen molar-refractivity contribution in [3.05, 3.63) is 70.6 Å². The van der Waals surface area contributed by atoms with Gasteiger partial charge < -0.3 is 14.8 Å². The quantitative estimate of drug-likeness (QED) is 0.493. The smallest absolute Gasteiger partial charge is 0.243 e. The molecule has 2 amide bonds. The molecule has 9 heteroatoms. The number of nitrogens with zero attached hydrogens (tertiary/aromatic N) is 2. The predicted molar refractivity (Wildman–Crippen MR) is 127 cm³/mol. The summed E-state index contributed by atoms with van der Waals surface area (Å²) >= 11 is 5.79. The lowest BCUT2D eigenvalue weighted by atomic mass is 10.1. The van der Waals surface area contributed by atoms with Crippen LogP contribution < -0.4 is 5.32 Å². The third-order valence-corrected chi connectivity index (χ3v) is 6.96. The summed E-state index contributed by atoms with van der Waals surface area (Å²) in [6.45, 7) is -0.455. The summed E-state index contributed by atoms with van der Waals surface area (Å²) in [5.41, 5.74) is 1.52. The Morgan fingerprint density at radius 2 is 1.86 bits per heavy atom. The highest BCUT2D eigenvalue weighted by atomic mass is 35.5. The lowest BCUT2D eigenvalue weighted by Gasteiger charge is -2.24. The number of carbonyl (C=O) groups is 3. The average molecular weight is 500 g/mol. The summed E-state index contributed by atoms with van der Waals surface area (Å²) in [6, 6.07) is 10.8. The molecule has 1 N–H and O–H groups in total. The molecule has 2 atom stereocenters. The van der Waals surface area contributed by atoms with Crippen LogP contribution in [-0.2, 0) is 22.7 Å². The summed E-state index contributed by atoms with van der Waals surface area (Å²) in [7, 11) is 0. The summed E-state index contributed by atoms with van der Waals surface area (Å²) < 4.78 is 30.2. The Balaban J connectivity index is 1.32. The number of likely N-dealkylation sites (tertiary alicyclic amines) is 1. The molecule has 3 aromatic rings. The topological polar surface area (TPSA) is 71.4 Å². The SMILES string of the molecule is O=C(c1cn(CC(=O)N2CC(F)CC2C(=O)NCc2cccc(Cl)c2F)c2ccccc12)C1CC1. The van der Waals surface area contributed by atoms with Crippen LogP contribution in [0.15, 0.2) is 48.7 Å². The van der Waals surface area contributed by atoms with Gasteiger partial charge in [-0.05, 0) is 25.0 Å². The maximum atomic E-state index is 14.3. The zero-order valence-electron chi connectivity index (χ0n) is 18.8. The van der Waals surface area contributed by atoms with E-state index in [0.29, 0.717) is 5.56 Å². The highest BCUT2D eigenvalue weighted by molar-refractivity contribution is 6.30. The molecule has 2 unspecified atom stereocenters. The Labute approximate surface area is 205 Å². The van der Waals surface area contributed by atoms with Crippen molar-refractivity contribution < 1.29 is 23.2 Å². The maximum Gasteiger partial charge on any atom is 0.243 e. The van der Waals surface area contributed by atoms with Crippen molar-refractivity contribution in [2.75, 3.05) is 6.54 Å². The minimum Gasteiger partial charge on any atom is -0.350 e. The van der Waals surface area contributed by atoms with Gasteiger partial charge in [0.2, 0.25) is 11.8 Å². The van der Waals surface area contributed by atoms with Crippen molar-refractivity contribution in [1.82, 2.24) is 14.8 Å². The number of ketones is 1. The second-order valence-corrected chi connectivity index (χ2v) is 9.56. The molecule has 1 aliphatic carbocycles. The van der Waals surface area contributed by atoms with E-state index >= 15 is 0 Å². The molecule has 2 aliphatic rings. The van der Waals surface area contributed by atoms with E-state index in [9.17, 15) is 23.2 Å². The van der Waals surface area contributed by atoms with E-state index in [1.165, 1.54) is 17.0 Å². The van der Waals surface area contributed by atoms with Gasteiger partial charge in [-0.1, -0.05) is 41.9 Å². The molecule has 0 spiro atoms. The van der Waals surface area contributed by atoms with Crippen LogP contribution in [0.5, 0.6) is 0 Å². The van der Waals surface area contributed by atoms with Crippen molar-refractivity contribution in [1.29, 1.82) is 0 Å². The standard InChI is InChI=1S/C26H24ClF2N3O3/c27-20-6-3-4-16(24(20)29)11-30-26(35)22-10-17(28)12-32(22)23(33)14-31-13-19(25(34)15-8-9-15)18-5-1-2-7-21(18)31/h1-7,13,15,17,22H,8-12,14H2,(H,30,35). The lowest BCUT2D eigenvalue weighted by Crippen LogP contribution is -2.46. The van der Waals surface area contributed by atoms with Gasteiger partial charge in [-0.3, -0.25) is 14.4 Å². The molecule has 2 fully saturated rings. The first kappa shape index (κ1) is 23.5. The van der Waals surface area contributed by atoms with Gasteiger partial charge in [0.25, 0.3) is 0 Å². The number of carbonyl (C=O) groups excluding carboxylic acids is 3. The van der Waals surface area contributed by atoms with Gasteiger partial charge in [0.05, 0.1) is 11.6 Å². The van der Waals surface area contributed by atoms with Gasteiger partial charge in [0, 0.05) is 47.1 Å². The number of benzene rings is 2. The van der Waals surface area contributed by atoms with E-state index in [4.69, 9.17) is 11.6 Å². The highest BCUT2D eigenvalue weighted by Crippen LogP contribution is 2.35. The third kappa shape index (κ3) is 4.67. The van der Waals surface area contributed by atoms with Gasteiger partial charge in [-0.15, -0.1) is 0 Å². The zero-order valence-corrected chi connectivity index (χ0v) is 19.6. The number of hydrogen-bond donors (Lipinski definition) is 1. The number of Topliss-reactive ketones (excluding diaryl/α,β-unsaturated/α-hetero) is 1. The molecule has 0 radical (unpaired) electrons. The fourth-order valence-corrected chi connectivity index (χ4v) is 4.86. The van der Waals surface area contributed by atoms with Gasteiger partial charge in [-0.2, -0.15) is 0 Å². The van der Waals surface area contributed by atoms with E-state index in [2.05, 4.69) is 5.32 Å². The van der Waals surface area contributed by atoms with Crippen LogP contribution in [0.3, 0.4) is 0 Å².